The van der Waals surface area contributed by atoms with Crippen LogP contribution in [0.4, 0.5) is 10.8 Å². The molecule has 0 aliphatic rings. The van der Waals surface area contributed by atoms with E-state index in [1.165, 1.54) is 23.5 Å². The number of nitro benzene ring substituents is 1. The van der Waals surface area contributed by atoms with E-state index in [0.717, 1.165) is 11.1 Å². The maximum Gasteiger partial charge on any atom is 0.274 e. The fourth-order valence-corrected chi connectivity index (χ4v) is 3.11. The SMILES string of the molecule is CC(C)c1cc(C(=O)Nc2nccs2)n(Cc2cccc([N+](=O)[O-])c2)c1. The number of nitro groups is 1. The molecule has 3 aromatic rings. The van der Waals surface area contributed by atoms with E-state index in [1.807, 2.05) is 22.9 Å². The third-order valence-corrected chi connectivity index (χ3v) is 4.63. The first-order chi connectivity index (χ1) is 12.4. The van der Waals surface area contributed by atoms with Crippen molar-refractivity contribution in [3.8, 4) is 0 Å². The van der Waals surface area contributed by atoms with Crippen LogP contribution in [0.25, 0.3) is 0 Å². The maximum absolute atomic E-state index is 12.7. The summed E-state index contributed by atoms with van der Waals surface area (Å²) in [6.45, 7) is 4.47. The van der Waals surface area contributed by atoms with Gasteiger partial charge in [0.15, 0.2) is 5.13 Å². The van der Waals surface area contributed by atoms with Gasteiger partial charge in [-0.2, -0.15) is 0 Å². The number of non-ortho nitro benzene ring substituents is 1. The number of amides is 1. The van der Waals surface area contributed by atoms with Gasteiger partial charge in [0.25, 0.3) is 11.6 Å². The second kappa shape index (κ2) is 7.49. The number of anilines is 1. The molecule has 0 fully saturated rings. The Hall–Kier alpha value is -3.00. The van der Waals surface area contributed by atoms with Crippen molar-refractivity contribution in [3.63, 3.8) is 0 Å². The Morgan fingerprint density at radius 2 is 2.19 bits per heavy atom. The van der Waals surface area contributed by atoms with Crippen LogP contribution >= 0.6 is 11.3 Å². The van der Waals surface area contributed by atoms with E-state index in [0.29, 0.717) is 17.4 Å². The van der Waals surface area contributed by atoms with Crippen LogP contribution in [0, 0.1) is 10.1 Å². The topological polar surface area (TPSA) is 90.1 Å². The van der Waals surface area contributed by atoms with Gasteiger partial charge in [-0.25, -0.2) is 4.98 Å². The lowest BCUT2D eigenvalue weighted by molar-refractivity contribution is -0.384. The molecule has 8 heteroatoms. The normalized spacial score (nSPS) is 10.9. The first-order valence-corrected chi connectivity index (χ1v) is 8.96. The Labute approximate surface area is 154 Å². The molecule has 0 saturated heterocycles. The average molecular weight is 370 g/mol. The monoisotopic (exact) mass is 370 g/mol. The van der Waals surface area contributed by atoms with Gasteiger partial charge in [-0.3, -0.25) is 20.2 Å². The molecule has 0 radical (unpaired) electrons. The van der Waals surface area contributed by atoms with Crippen molar-refractivity contribution in [2.24, 2.45) is 0 Å². The third kappa shape index (κ3) is 3.97. The summed E-state index contributed by atoms with van der Waals surface area (Å²) in [4.78, 5) is 27.3. The molecule has 1 amide bonds. The van der Waals surface area contributed by atoms with Gasteiger partial charge in [-0.15, -0.1) is 11.3 Å². The maximum atomic E-state index is 12.7. The second-order valence-electron chi connectivity index (χ2n) is 6.16. The minimum absolute atomic E-state index is 0.0347. The first-order valence-electron chi connectivity index (χ1n) is 8.08. The summed E-state index contributed by atoms with van der Waals surface area (Å²) in [5.74, 6) is 0.00468. The van der Waals surface area contributed by atoms with E-state index in [4.69, 9.17) is 0 Å². The largest absolute Gasteiger partial charge is 0.339 e. The van der Waals surface area contributed by atoms with E-state index in [9.17, 15) is 14.9 Å². The van der Waals surface area contributed by atoms with Crippen LogP contribution in [-0.2, 0) is 6.54 Å². The van der Waals surface area contributed by atoms with Crippen LogP contribution in [0.3, 0.4) is 0 Å². The predicted octanol–water partition coefficient (Wildman–Crippen LogP) is 4.28. The minimum atomic E-state index is -0.422. The van der Waals surface area contributed by atoms with Gasteiger partial charge in [0.1, 0.15) is 5.69 Å². The van der Waals surface area contributed by atoms with E-state index in [-0.39, 0.29) is 17.5 Å². The van der Waals surface area contributed by atoms with Gasteiger partial charge in [-0.1, -0.05) is 26.0 Å². The van der Waals surface area contributed by atoms with Crippen molar-refractivity contribution in [1.82, 2.24) is 9.55 Å². The number of carbonyl (C=O) groups excluding carboxylic acids is 1. The highest BCUT2D eigenvalue weighted by molar-refractivity contribution is 7.13. The Kier molecular flexibility index (Phi) is 5.13. The fraction of sp³-hybridized carbons (Fsp3) is 0.222. The summed E-state index contributed by atoms with van der Waals surface area (Å²) in [6.07, 6.45) is 3.54. The molecule has 1 N–H and O–H groups in total. The van der Waals surface area contributed by atoms with Gasteiger partial charge >= 0.3 is 0 Å². The molecule has 3 rings (SSSR count). The Morgan fingerprint density at radius 3 is 2.85 bits per heavy atom. The molecule has 134 valence electrons. The van der Waals surface area contributed by atoms with E-state index in [2.05, 4.69) is 24.1 Å². The van der Waals surface area contributed by atoms with Crippen molar-refractivity contribution >= 4 is 28.1 Å². The summed E-state index contributed by atoms with van der Waals surface area (Å²) in [6, 6.07) is 8.29. The zero-order chi connectivity index (χ0) is 18.7. The second-order valence-corrected chi connectivity index (χ2v) is 7.05. The lowest BCUT2D eigenvalue weighted by Gasteiger charge is -2.09. The highest BCUT2D eigenvalue weighted by Gasteiger charge is 2.17. The molecule has 0 saturated carbocycles. The summed E-state index contributed by atoms with van der Waals surface area (Å²) in [5.41, 5.74) is 2.32. The number of aromatic nitrogens is 2. The average Bonchev–Trinajstić information content (AvgIpc) is 3.25. The molecule has 0 aliphatic carbocycles. The zero-order valence-electron chi connectivity index (χ0n) is 14.4. The molecular weight excluding hydrogens is 352 g/mol. The molecule has 7 nitrogen and oxygen atoms in total. The lowest BCUT2D eigenvalue weighted by atomic mass is 10.1. The van der Waals surface area contributed by atoms with Crippen molar-refractivity contribution in [2.75, 3.05) is 5.32 Å². The van der Waals surface area contributed by atoms with Gasteiger partial charge in [0.2, 0.25) is 0 Å². The summed E-state index contributed by atoms with van der Waals surface area (Å²) < 4.78 is 1.82. The Balaban J connectivity index is 1.91. The Morgan fingerprint density at radius 1 is 1.38 bits per heavy atom. The van der Waals surface area contributed by atoms with E-state index in [1.54, 1.807) is 17.6 Å². The number of nitrogens with zero attached hydrogens (tertiary/aromatic N) is 3. The molecule has 0 atom stereocenters. The van der Waals surface area contributed by atoms with Crippen LogP contribution in [0.15, 0.2) is 48.1 Å². The predicted molar refractivity (Wildman–Crippen MR) is 101 cm³/mol. The molecular formula is C18H18N4O3S. The number of benzene rings is 1. The summed E-state index contributed by atoms with van der Waals surface area (Å²) in [5, 5.41) is 16.1. The molecule has 0 bridgehead atoms. The molecule has 0 unspecified atom stereocenters. The van der Waals surface area contributed by atoms with Crippen molar-refractivity contribution in [2.45, 2.75) is 26.3 Å². The number of hydrogen-bond acceptors (Lipinski definition) is 5. The van der Waals surface area contributed by atoms with Gasteiger partial charge < -0.3 is 4.57 Å². The number of hydrogen-bond donors (Lipinski definition) is 1. The van der Waals surface area contributed by atoms with Gasteiger partial charge in [0.05, 0.1) is 4.92 Å². The van der Waals surface area contributed by atoms with Crippen LogP contribution in [0.2, 0.25) is 0 Å². The minimum Gasteiger partial charge on any atom is -0.339 e. The van der Waals surface area contributed by atoms with E-state index < -0.39 is 4.92 Å². The molecule has 0 spiro atoms. The van der Waals surface area contributed by atoms with Crippen LogP contribution < -0.4 is 5.32 Å². The standard InChI is InChI=1S/C18H18N4O3S/c1-12(2)14-9-16(17(23)20-18-19-6-7-26-18)21(11-14)10-13-4-3-5-15(8-13)22(24)25/h3-9,11-12H,10H2,1-2H3,(H,19,20,23). The first kappa shape index (κ1) is 17.8. The highest BCUT2D eigenvalue weighted by atomic mass is 32.1. The smallest absolute Gasteiger partial charge is 0.274 e. The molecule has 0 aliphatic heterocycles. The molecule has 2 aromatic heterocycles. The number of carbonyl (C=O) groups is 1. The zero-order valence-corrected chi connectivity index (χ0v) is 15.2. The van der Waals surface area contributed by atoms with Gasteiger partial charge in [0, 0.05) is 36.5 Å². The Bertz CT molecular complexity index is 932. The third-order valence-electron chi connectivity index (χ3n) is 3.94. The van der Waals surface area contributed by atoms with Crippen LogP contribution in [-0.4, -0.2) is 20.4 Å². The molecule has 1 aromatic carbocycles. The summed E-state index contributed by atoms with van der Waals surface area (Å²) in [7, 11) is 0. The van der Waals surface area contributed by atoms with Crippen molar-refractivity contribution < 1.29 is 9.72 Å². The quantitative estimate of drug-likeness (QED) is 0.518. The van der Waals surface area contributed by atoms with Gasteiger partial charge in [-0.05, 0) is 23.1 Å². The van der Waals surface area contributed by atoms with Crippen molar-refractivity contribution in [3.05, 3.63) is 75.0 Å². The summed E-state index contributed by atoms with van der Waals surface area (Å²) >= 11 is 1.35. The highest BCUT2D eigenvalue weighted by Crippen LogP contribution is 2.22. The van der Waals surface area contributed by atoms with Crippen LogP contribution in [0.5, 0.6) is 0 Å². The number of thiazole rings is 1. The number of rotatable bonds is 6. The number of nitrogens with one attached hydrogen (secondary N) is 1. The molecule has 26 heavy (non-hydrogen) atoms. The lowest BCUT2D eigenvalue weighted by Crippen LogP contribution is -2.17. The fourth-order valence-electron chi connectivity index (χ4n) is 2.58. The molecule has 2 heterocycles. The van der Waals surface area contributed by atoms with Crippen molar-refractivity contribution in [1.29, 1.82) is 0 Å². The van der Waals surface area contributed by atoms with Crippen LogP contribution in [0.1, 0.15) is 41.4 Å². The van der Waals surface area contributed by atoms with E-state index >= 15 is 0 Å².